The Morgan fingerprint density at radius 2 is 2.40 bits per heavy atom. The van der Waals surface area contributed by atoms with Gasteiger partial charge in [-0.2, -0.15) is 5.10 Å². The van der Waals surface area contributed by atoms with E-state index in [-0.39, 0.29) is 12.1 Å². The first-order chi connectivity index (χ1) is 7.15. The van der Waals surface area contributed by atoms with Crippen LogP contribution in [0.3, 0.4) is 0 Å². The highest BCUT2D eigenvalue weighted by Gasteiger charge is 2.25. The van der Waals surface area contributed by atoms with Crippen LogP contribution in [0.25, 0.3) is 0 Å². The maximum atomic E-state index is 11.6. The summed E-state index contributed by atoms with van der Waals surface area (Å²) in [7, 11) is 1.79. The van der Waals surface area contributed by atoms with Gasteiger partial charge < -0.3 is 4.74 Å². The van der Waals surface area contributed by atoms with E-state index in [4.69, 9.17) is 4.74 Å². The Labute approximate surface area is 89.2 Å². The standard InChI is InChI=1S/C11H16N2O2/c1-8-3-4-10(5-8)15-11(14)9-6-12-13(2)7-9/h6-8,10H,3-5H2,1-2H3. The molecule has 1 heterocycles. The molecule has 2 atom stereocenters. The Hall–Kier alpha value is -1.32. The van der Waals surface area contributed by atoms with Crippen molar-refractivity contribution < 1.29 is 9.53 Å². The van der Waals surface area contributed by atoms with Crippen LogP contribution < -0.4 is 0 Å². The lowest BCUT2D eigenvalue weighted by molar-refractivity contribution is 0.0311. The molecule has 0 aliphatic heterocycles. The van der Waals surface area contributed by atoms with Gasteiger partial charge in [-0.3, -0.25) is 4.68 Å². The van der Waals surface area contributed by atoms with Crippen molar-refractivity contribution in [1.29, 1.82) is 0 Å². The fourth-order valence-electron chi connectivity index (χ4n) is 2.01. The van der Waals surface area contributed by atoms with E-state index in [9.17, 15) is 4.79 Å². The van der Waals surface area contributed by atoms with Gasteiger partial charge in [0, 0.05) is 13.2 Å². The minimum absolute atomic E-state index is 0.104. The van der Waals surface area contributed by atoms with Crippen LogP contribution in [0.2, 0.25) is 0 Å². The Morgan fingerprint density at radius 1 is 1.60 bits per heavy atom. The van der Waals surface area contributed by atoms with Gasteiger partial charge in [0.2, 0.25) is 0 Å². The summed E-state index contributed by atoms with van der Waals surface area (Å²) in [6, 6.07) is 0. The number of carbonyl (C=O) groups is 1. The van der Waals surface area contributed by atoms with Crippen molar-refractivity contribution in [1.82, 2.24) is 9.78 Å². The molecule has 0 spiro atoms. The molecule has 1 aliphatic carbocycles. The molecule has 4 heteroatoms. The van der Waals surface area contributed by atoms with Gasteiger partial charge in [-0.15, -0.1) is 0 Å². The summed E-state index contributed by atoms with van der Waals surface area (Å²) in [6.45, 7) is 2.19. The molecule has 15 heavy (non-hydrogen) atoms. The number of carbonyl (C=O) groups excluding carboxylic acids is 1. The molecule has 2 rings (SSSR count). The van der Waals surface area contributed by atoms with E-state index in [1.807, 2.05) is 0 Å². The molecule has 1 aliphatic rings. The van der Waals surface area contributed by atoms with E-state index in [0.29, 0.717) is 11.5 Å². The van der Waals surface area contributed by atoms with Crippen LogP contribution in [0.1, 0.15) is 36.5 Å². The number of esters is 1. The topological polar surface area (TPSA) is 44.1 Å². The summed E-state index contributed by atoms with van der Waals surface area (Å²) >= 11 is 0. The first-order valence-electron chi connectivity index (χ1n) is 5.35. The van der Waals surface area contributed by atoms with E-state index in [1.54, 1.807) is 24.1 Å². The van der Waals surface area contributed by atoms with Crippen LogP contribution in [0.4, 0.5) is 0 Å². The lowest BCUT2D eigenvalue weighted by Gasteiger charge is -2.10. The lowest BCUT2D eigenvalue weighted by Crippen LogP contribution is -2.14. The molecule has 2 unspecified atom stereocenters. The van der Waals surface area contributed by atoms with Crippen molar-refractivity contribution in [3.8, 4) is 0 Å². The van der Waals surface area contributed by atoms with Gasteiger partial charge >= 0.3 is 5.97 Å². The van der Waals surface area contributed by atoms with E-state index in [2.05, 4.69) is 12.0 Å². The molecule has 0 bridgehead atoms. The smallest absolute Gasteiger partial charge is 0.341 e. The van der Waals surface area contributed by atoms with Gasteiger partial charge in [0.1, 0.15) is 6.10 Å². The van der Waals surface area contributed by atoms with Crippen LogP contribution in [0.5, 0.6) is 0 Å². The van der Waals surface area contributed by atoms with Crippen LogP contribution >= 0.6 is 0 Å². The Morgan fingerprint density at radius 3 is 2.93 bits per heavy atom. The van der Waals surface area contributed by atoms with E-state index < -0.39 is 0 Å². The van der Waals surface area contributed by atoms with Gasteiger partial charge in [-0.1, -0.05) is 6.92 Å². The van der Waals surface area contributed by atoms with Gasteiger partial charge in [0.25, 0.3) is 0 Å². The zero-order valence-corrected chi connectivity index (χ0v) is 9.14. The van der Waals surface area contributed by atoms with Gasteiger partial charge in [0.05, 0.1) is 11.8 Å². The van der Waals surface area contributed by atoms with Crippen LogP contribution in [0, 0.1) is 5.92 Å². The number of nitrogens with zero attached hydrogens (tertiary/aromatic N) is 2. The SMILES string of the molecule is CC1CCC(OC(=O)c2cnn(C)c2)C1. The third-order valence-corrected chi connectivity index (χ3v) is 2.86. The van der Waals surface area contributed by atoms with Crippen molar-refractivity contribution in [3.05, 3.63) is 18.0 Å². The molecular weight excluding hydrogens is 192 g/mol. The molecule has 0 saturated heterocycles. The largest absolute Gasteiger partial charge is 0.459 e. The van der Waals surface area contributed by atoms with Gasteiger partial charge in [-0.25, -0.2) is 4.79 Å². The monoisotopic (exact) mass is 208 g/mol. The molecule has 0 amide bonds. The van der Waals surface area contributed by atoms with E-state index in [0.717, 1.165) is 19.3 Å². The summed E-state index contributed by atoms with van der Waals surface area (Å²) in [4.78, 5) is 11.6. The molecular formula is C11H16N2O2. The number of aromatic nitrogens is 2. The van der Waals surface area contributed by atoms with Gasteiger partial charge in [-0.05, 0) is 25.2 Å². The molecule has 1 aromatic rings. The molecule has 0 radical (unpaired) electrons. The quantitative estimate of drug-likeness (QED) is 0.696. The fraction of sp³-hybridized carbons (Fsp3) is 0.636. The maximum absolute atomic E-state index is 11.6. The lowest BCUT2D eigenvalue weighted by atomic mass is 10.1. The van der Waals surface area contributed by atoms with Crippen molar-refractivity contribution in [2.45, 2.75) is 32.3 Å². The van der Waals surface area contributed by atoms with Crippen molar-refractivity contribution in [2.75, 3.05) is 0 Å². The zero-order chi connectivity index (χ0) is 10.8. The molecule has 0 N–H and O–H groups in total. The fourth-order valence-corrected chi connectivity index (χ4v) is 2.01. The highest BCUT2D eigenvalue weighted by atomic mass is 16.5. The number of ether oxygens (including phenoxy) is 1. The van der Waals surface area contributed by atoms with Crippen molar-refractivity contribution >= 4 is 5.97 Å². The number of aryl methyl sites for hydroxylation is 1. The molecule has 1 saturated carbocycles. The average Bonchev–Trinajstić information content (AvgIpc) is 2.75. The van der Waals surface area contributed by atoms with Gasteiger partial charge in [0.15, 0.2) is 0 Å². The van der Waals surface area contributed by atoms with Crippen molar-refractivity contribution in [2.24, 2.45) is 13.0 Å². The second kappa shape index (κ2) is 4.04. The third kappa shape index (κ3) is 2.37. The highest BCUT2D eigenvalue weighted by molar-refractivity contribution is 5.88. The van der Waals surface area contributed by atoms with Crippen LogP contribution in [-0.4, -0.2) is 21.9 Å². The number of rotatable bonds is 2. The second-order valence-electron chi connectivity index (χ2n) is 4.35. The summed E-state index contributed by atoms with van der Waals surface area (Å²) < 4.78 is 6.99. The molecule has 1 aromatic heterocycles. The Balaban J connectivity index is 1.92. The minimum atomic E-state index is -0.248. The first-order valence-corrected chi connectivity index (χ1v) is 5.35. The Bertz CT molecular complexity index is 359. The predicted molar refractivity (Wildman–Crippen MR) is 55.4 cm³/mol. The normalized spacial score (nSPS) is 25.5. The summed E-state index contributed by atoms with van der Waals surface area (Å²) in [5.41, 5.74) is 0.539. The third-order valence-electron chi connectivity index (χ3n) is 2.86. The maximum Gasteiger partial charge on any atom is 0.341 e. The molecule has 82 valence electrons. The first kappa shape index (κ1) is 10.2. The van der Waals surface area contributed by atoms with Crippen LogP contribution in [0.15, 0.2) is 12.4 Å². The van der Waals surface area contributed by atoms with E-state index in [1.165, 1.54) is 0 Å². The second-order valence-corrected chi connectivity index (χ2v) is 4.35. The number of hydrogen-bond acceptors (Lipinski definition) is 3. The highest BCUT2D eigenvalue weighted by Crippen LogP contribution is 2.27. The summed E-state index contributed by atoms with van der Waals surface area (Å²) in [5.74, 6) is 0.430. The Kier molecular flexibility index (Phi) is 2.75. The minimum Gasteiger partial charge on any atom is -0.459 e. The average molecular weight is 208 g/mol. The molecule has 1 fully saturated rings. The van der Waals surface area contributed by atoms with Crippen LogP contribution in [-0.2, 0) is 11.8 Å². The molecule has 0 aromatic carbocycles. The van der Waals surface area contributed by atoms with Crippen molar-refractivity contribution in [3.63, 3.8) is 0 Å². The van der Waals surface area contributed by atoms with E-state index >= 15 is 0 Å². The summed E-state index contributed by atoms with van der Waals surface area (Å²) in [5, 5.41) is 3.94. The molecule has 4 nitrogen and oxygen atoms in total. The summed E-state index contributed by atoms with van der Waals surface area (Å²) in [6.07, 6.45) is 6.47. The number of hydrogen-bond donors (Lipinski definition) is 0. The predicted octanol–water partition coefficient (Wildman–Crippen LogP) is 1.77. The zero-order valence-electron chi connectivity index (χ0n) is 9.14.